The van der Waals surface area contributed by atoms with E-state index < -0.39 is 39.9 Å². The third-order valence-corrected chi connectivity index (χ3v) is 9.22. The summed E-state index contributed by atoms with van der Waals surface area (Å²) >= 11 is 5.15. The largest absolute Gasteiger partial charge is 0.481 e. The summed E-state index contributed by atoms with van der Waals surface area (Å²) in [6, 6.07) is 5.13. The Bertz CT molecular complexity index is 1970. The molecule has 6 N–H and O–H groups in total. The molecule has 2 aromatic heterocycles. The first-order valence-electron chi connectivity index (χ1n) is 13.8. The zero-order valence-electron chi connectivity index (χ0n) is 23.1. The summed E-state index contributed by atoms with van der Waals surface area (Å²) in [5.41, 5.74) is 2.58. The molecule has 3 saturated carbocycles. The van der Waals surface area contributed by atoms with Crippen LogP contribution in [-0.2, 0) is 11.3 Å². The van der Waals surface area contributed by atoms with Crippen LogP contribution in [0.3, 0.4) is 0 Å². The van der Waals surface area contributed by atoms with Crippen molar-refractivity contribution in [1.82, 2.24) is 25.2 Å². The average molecular weight is 624 g/mol. The number of nitrogen functional groups attached to an aromatic ring is 1. The molecular formula is C28H26FN7O7S. The minimum atomic E-state index is -0.857. The normalized spacial score (nSPS) is 20.9. The minimum absolute atomic E-state index is 0.0805. The van der Waals surface area contributed by atoms with Crippen molar-refractivity contribution in [2.45, 2.75) is 45.1 Å². The Morgan fingerprint density at radius 2 is 1.75 bits per heavy atom. The summed E-state index contributed by atoms with van der Waals surface area (Å²) in [7, 11) is 0. The molecule has 3 fully saturated rings. The predicted octanol–water partition coefficient (Wildman–Crippen LogP) is 2.20. The highest BCUT2D eigenvalue weighted by molar-refractivity contribution is 7.71. The fourth-order valence-corrected chi connectivity index (χ4v) is 6.28. The molecule has 0 spiro atoms. The number of nitrogens with zero attached hydrogens (tertiary/aromatic N) is 3. The van der Waals surface area contributed by atoms with Crippen LogP contribution >= 0.6 is 12.2 Å². The number of carboxylic acids is 1. The van der Waals surface area contributed by atoms with Crippen molar-refractivity contribution in [3.8, 4) is 0 Å². The van der Waals surface area contributed by atoms with Crippen LogP contribution in [0.5, 0.6) is 0 Å². The highest BCUT2D eigenvalue weighted by atomic mass is 32.1. The fraction of sp³-hybridized carbons (Fsp3) is 0.357. The zero-order chi connectivity index (χ0) is 31.4. The first kappa shape index (κ1) is 29.1. The molecule has 2 heterocycles. The molecule has 2 bridgehead atoms. The number of benzene rings is 1. The number of fused-ring (bicyclic) bond motifs is 4. The van der Waals surface area contributed by atoms with Gasteiger partial charge in [-0.3, -0.25) is 24.0 Å². The molecule has 7 rings (SSSR count). The first-order chi connectivity index (χ1) is 20.9. The van der Waals surface area contributed by atoms with Crippen LogP contribution < -0.4 is 32.5 Å². The number of hydrogen-bond donors (Lipinski definition) is 5. The van der Waals surface area contributed by atoms with Gasteiger partial charge in [0.05, 0.1) is 11.1 Å². The molecule has 44 heavy (non-hydrogen) atoms. The van der Waals surface area contributed by atoms with Crippen LogP contribution in [0.2, 0.25) is 0 Å². The minimum Gasteiger partial charge on any atom is -0.481 e. The van der Waals surface area contributed by atoms with Crippen LogP contribution in [0.25, 0.3) is 5.78 Å². The number of halogens is 1. The second kappa shape index (κ2) is 10.6. The van der Waals surface area contributed by atoms with Crippen molar-refractivity contribution in [2.75, 3.05) is 17.6 Å². The summed E-state index contributed by atoms with van der Waals surface area (Å²) in [5, 5.41) is 21.5. The molecule has 16 heteroatoms. The number of hydrogen-bond acceptors (Lipinski definition) is 11. The summed E-state index contributed by atoms with van der Waals surface area (Å²) in [4.78, 5) is 65.4. The molecule has 0 radical (unpaired) electrons. The molecule has 0 atom stereocenters. The van der Waals surface area contributed by atoms with Gasteiger partial charge in [0.25, 0.3) is 28.4 Å². The van der Waals surface area contributed by atoms with E-state index in [2.05, 4.69) is 26.1 Å². The number of anilines is 3. The molecule has 4 aromatic rings. The van der Waals surface area contributed by atoms with E-state index >= 15 is 0 Å². The van der Waals surface area contributed by atoms with E-state index in [0.29, 0.717) is 50.6 Å². The Kier molecular flexibility index (Phi) is 7.02. The van der Waals surface area contributed by atoms with Crippen molar-refractivity contribution in [1.29, 1.82) is 0 Å². The lowest BCUT2D eigenvalue weighted by Crippen LogP contribution is -2.50. The van der Waals surface area contributed by atoms with Gasteiger partial charge < -0.3 is 31.3 Å². The number of nitrogens with one attached hydrogen (secondary N) is 3. The number of carboxylic acid groups (broad SMARTS) is 1. The highest BCUT2D eigenvalue weighted by Crippen LogP contribution is 2.56. The van der Waals surface area contributed by atoms with Crippen molar-refractivity contribution in [2.24, 2.45) is 10.8 Å². The lowest BCUT2D eigenvalue weighted by Gasteiger charge is -2.51. The van der Waals surface area contributed by atoms with E-state index in [1.165, 1.54) is 22.6 Å². The molecule has 0 unspecified atom stereocenters. The van der Waals surface area contributed by atoms with E-state index in [0.717, 1.165) is 6.07 Å². The molecular weight excluding hydrogens is 597 g/mol. The predicted molar refractivity (Wildman–Crippen MR) is 155 cm³/mol. The van der Waals surface area contributed by atoms with Gasteiger partial charge in [0.15, 0.2) is 0 Å². The van der Waals surface area contributed by atoms with Gasteiger partial charge in [-0.25, -0.2) is 13.8 Å². The third kappa shape index (κ3) is 4.90. The Labute approximate surface area is 252 Å². The van der Waals surface area contributed by atoms with Crippen molar-refractivity contribution < 1.29 is 28.4 Å². The number of carbonyl (C=O) groups is 3. The van der Waals surface area contributed by atoms with E-state index in [-0.39, 0.29) is 51.0 Å². The van der Waals surface area contributed by atoms with Crippen LogP contribution in [0.1, 0.15) is 65.1 Å². The molecule has 2 aromatic carbocycles. The Morgan fingerprint density at radius 1 is 1.05 bits per heavy atom. The summed E-state index contributed by atoms with van der Waals surface area (Å²) in [5.74, 6) is -2.79. The maximum Gasteiger partial charge on any atom is 0.309 e. The van der Waals surface area contributed by atoms with Crippen molar-refractivity contribution in [3.05, 3.63) is 72.3 Å². The van der Waals surface area contributed by atoms with E-state index in [1.807, 2.05) is 0 Å². The third-order valence-electron chi connectivity index (χ3n) is 8.96. The number of aliphatic carboxylic acids is 1. The van der Waals surface area contributed by atoms with Crippen LogP contribution in [0, 0.1) is 21.5 Å². The zero-order valence-corrected chi connectivity index (χ0v) is 23.9. The number of nitrogens with two attached hydrogens (primary N) is 1. The average Bonchev–Trinajstić information content (AvgIpc) is 3.42. The molecule has 3 aliphatic carbocycles. The quantitative estimate of drug-likeness (QED) is 0.134. The van der Waals surface area contributed by atoms with Crippen LogP contribution in [-0.4, -0.2) is 44.0 Å². The number of rotatable bonds is 9. The van der Waals surface area contributed by atoms with Gasteiger partial charge in [0, 0.05) is 13.1 Å². The van der Waals surface area contributed by atoms with Crippen molar-refractivity contribution in [3.63, 3.8) is 0 Å². The van der Waals surface area contributed by atoms with Gasteiger partial charge in [0.1, 0.15) is 28.6 Å². The second-order valence-corrected chi connectivity index (χ2v) is 11.8. The fourth-order valence-electron chi connectivity index (χ4n) is 6.06. The number of amides is 2. The number of carbonyl (C=O) groups excluding carboxylic acids is 2. The molecule has 0 aliphatic heterocycles. The summed E-state index contributed by atoms with van der Waals surface area (Å²) in [6.45, 7) is 0.240. The lowest BCUT2D eigenvalue weighted by atomic mass is 9.53. The van der Waals surface area contributed by atoms with Gasteiger partial charge in [-0.05, 0) is 85.1 Å². The standard InChI is InChI=1S/C28H26FN7O7S/c29-14-2-1-13(9-15(14)33-19-18(30)20(37)21(19)38)11-31-23(40)17-10-16(34-25-35-43-26(44)36(17)25)22(39)32-12-27-3-6-28(7-4-27,8-5-27)24(41)42/h1-2,9-10,33H,3-8,11-12,30H2,(H,31,40)(H,32,39)(H,41,42). The maximum atomic E-state index is 14.4. The van der Waals surface area contributed by atoms with Crippen LogP contribution in [0.15, 0.2) is 38.4 Å². The van der Waals surface area contributed by atoms with Gasteiger partial charge in [-0.1, -0.05) is 6.07 Å². The van der Waals surface area contributed by atoms with E-state index in [9.17, 15) is 33.5 Å². The Hall–Kier alpha value is -4.99. The molecule has 2 amide bonds. The van der Waals surface area contributed by atoms with Gasteiger partial charge >= 0.3 is 10.8 Å². The first-order valence-corrected chi connectivity index (χ1v) is 14.2. The molecule has 0 saturated heterocycles. The van der Waals surface area contributed by atoms with Crippen molar-refractivity contribution >= 4 is 52.8 Å². The Morgan fingerprint density at radius 3 is 2.41 bits per heavy atom. The SMILES string of the molecule is Nc1c(Nc2cc(CNC(=O)c3cc(C(=O)NCC45CCC(C(=O)O)(CC4)CC5)nc4noc(=S)n34)ccc2F)c(=O)c1=O. The maximum absolute atomic E-state index is 14.4. The monoisotopic (exact) mass is 623 g/mol. The van der Waals surface area contributed by atoms with Gasteiger partial charge in [-0.15, -0.1) is 0 Å². The highest BCUT2D eigenvalue weighted by Gasteiger charge is 2.52. The molecule has 14 nitrogen and oxygen atoms in total. The second-order valence-electron chi connectivity index (χ2n) is 11.4. The topological polar surface area (TPSA) is 211 Å². The lowest BCUT2D eigenvalue weighted by molar-refractivity contribution is -0.158. The van der Waals surface area contributed by atoms with E-state index in [4.69, 9.17) is 22.5 Å². The van der Waals surface area contributed by atoms with E-state index in [1.54, 1.807) is 0 Å². The molecule has 228 valence electrons. The van der Waals surface area contributed by atoms with Gasteiger partial charge in [-0.2, -0.15) is 0 Å². The van der Waals surface area contributed by atoms with Crippen LogP contribution in [0.4, 0.5) is 21.5 Å². The smallest absolute Gasteiger partial charge is 0.309 e. The summed E-state index contributed by atoms with van der Waals surface area (Å²) < 4.78 is 20.6. The summed E-state index contributed by atoms with van der Waals surface area (Å²) in [6.07, 6.45) is 3.78. The number of aromatic nitrogens is 3. The molecule has 3 aliphatic rings. The Balaban J connectivity index is 1.17. The van der Waals surface area contributed by atoms with Gasteiger partial charge in [0.2, 0.25) is 0 Å².